The number of sulfonamides is 1. The molecule has 4 nitrogen and oxygen atoms in total. The zero-order chi connectivity index (χ0) is 15.8. The van der Waals surface area contributed by atoms with Gasteiger partial charge in [-0.3, -0.25) is 4.72 Å². The van der Waals surface area contributed by atoms with E-state index in [0.717, 1.165) is 12.1 Å². The third kappa shape index (κ3) is 3.60. The van der Waals surface area contributed by atoms with Crippen molar-refractivity contribution >= 4 is 60.5 Å². The molecule has 2 aromatic rings. The van der Waals surface area contributed by atoms with Crippen LogP contribution in [-0.2, 0) is 10.0 Å². The summed E-state index contributed by atoms with van der Waals surface area (Å²) < 4.78 is 41.0. The van der Waals surface area contributed by atoms with Gasteiger partial charge in [-0.1, -0.05) is 23.2 Å². The molecule has 0 aliphatic rings. The first-order valence-electron chi connectivity index (χ1n) is 5.43. The topological polar surface area (TPSA) is 72.2 Å². The minimum absolute atomic E-state index is 0.0408. The molecule has 0 bridgehead atoms. The van der Waals surface area contributed by atoms with E-state index in [-0.39, 0.29) is 16.4 Å². The molecule has 0 fully saturated rings. The second-order valence-corrected chi connectivity index (χ2v) is 7.37. The van der Waals surface area contributed by atoms with Gasteiger partial charge >= 0.3 is 0 Å². The van der Waals surface area contributed by atoms with Gasteiger partial charge in [0.05, 0.1) is 15.7 Å². The maximum Gasteiger partial charge on any atom is 0.264 e. The molecular weight excluding hydrogens is 406 g/mol. The number of halogens is 4. The number of anilines is 2. The number of rotatable bonds is 3. The number of nitrogens with two attached hydrogens (primary N) is 1. The van der Waals surface area contributed by atoms with Gasteiger partial charge in [0.15, 0.2) is 5.82 Å². The summed E-state index contributed by atoms with van der Waals surface area (Å²) in [5, 5.41) is 0.0452. The number of hydrogen-bond acceptors (Lipinski definition) is 3. The van der Waals surface area contributed by atoms with Gasteiger partial charge in [-0.25, -0.2) is 12.8 Å². The lowest BCUT2D eigenvalue weighted by Crippen LogP contribution is -2.15. The fourth-order valence-corrected chi connectivity index (χ4v) is 3.51. The molecular formula is C12H8BrCl2FN2O2S. The molecule has 0 aliphatic heterocycles. The van der Waals surface area contributed by atoms with E-state index in [9.17, 15) is 12.8 Å². The molecule has 0 saturated carbocycles. The summed E-state index contributed by atoms with van der Waals surface area (Å²) in [4.78, 5) is -0.626. The predicted molar refractivity (Wildman–Crippen MR) is 85.8 cm³/mol. The monoisotopic (exact) mass is 412 g/mol. The molecule has 0 amide bonds. The first-order chi connectivity index (χ1) is 9.70. The maximum atomic E-state index is 13.9. The van der Waals surface area contributed by atoms with Crippen LogP contribution in [0.4, 0.5) is 15.8 Å². The first kappa shape index (κ1) is 16.4. The van der Waals surface area contributed by atoms with E-state index in [1.165, 1.54) is 18.2 Å². The Kier molecular flexibility index (Phi) is 4.67. The van der Waals surface area contributed by atoms with Crippen LogP contribution in [-0.4, -0.2) is 8.42 Å². The molecule has 0 heterocycles. The average molecular weight is 414 g/mol. The van der Waals surface area contributed by atoms with Gasteiger partial charge in [0.1, 0.15) is 4.90 Å². The Morgan fingerprint density at radius 3 is 2.43 bits per heavy atom. The molecule has 9 heteroatoms. The van der Waals surface area contributed by atoms with Crippen LogP contribution in [0.25, 0.3) is 0 Å². The minimum Gasteiger partial charge on any atom is -0.399 e. The van der Waals surface area contributed by atoms with Crippen LogP contribution in [0.3, 0.4) is 0 Å². The SMILES string of the molecule is Nc1cc(Cl)c(F)c(S(=O)(=O)Nc2ccc(Cl)c(Br)c2)c1. The van der Waals surface area contributed by atoms with Crippen LogP contribution in [0.1, 0.15) is 0 Å². The number of hydrogen-bond donors (Lipinski definition) is 2. The molecule has 0 aromatic heterocycles. The van der Waals surface area contributed by atoms with Crippen LogP contribution in [0.2, 0.25) is 10.0 Å². The maximum absolute atomic E-state index is 13.9. The molecule has 2 aromatic carbocycles. The molecule has 0 spiro atoms. The van der Waals surface area contributed by atoms with E-state index in [4.69, 9.17) is 28.9 Å². The fraction of sp³-hybridized carbons (Fsp3) is 0. The van der Waals surface area contributed by atoms with Gasteiger partial charge in [0.2, 0.25) is 0 Å². The normalized spacial score (nSPS) is 11.4. The summed E-state index contributed by atoms with van der Waals surface area (Å²) in [6.07, 6.45) is 0. The Bertz CT molecular complexity index is 815. The molecule has 2 rings (SSSR count). The van der Waals surface area contributed by atoms with Crippen molar-refractivity contribution in [2.45, 2.75) is 4.90 Å². The summed E-state index contributed by atoms with van der Waals surface area (Å²) in [5.74, 6) is -1.06. The zero-order valence-corrected chi connectivity index (χ0v) is 14.1. The standard InChI is InChI=1S/C12H8BrCl2FN2O2S/c13-8-5-7(1-2-9(8)14)18-21(19,20)11-4-6(17)3-10(15)12(11)16/h1-5,18H,17H2. The van der Waals surface area contributed by atoms with E-state index in [1.54, 1.807) is 0 Å². The van der Waals surface area contributed by atoms with Crippen molar-refractivity contribution in [2.75, 3.05) is 10.5 Å². The van der Waals surface area contributed by atoms with Gasteiger partial charge in [-0.2, -0.15) is 0 Å². The van der Waals surface area contributed by atoms with Gasteiger partial charge in [0, 0.05) is 10.2 Å². The summed E-state index contributed by atoms with van der Waals surface area (Å²) in [7, 11) is -4.17. The van der Waals surface area contributed by atoms with Crippen LogP contribution >= 0.6 is 39.1 Å². The zero-order valence-electron chi connectivity index (χ0n) is 10.2. The molecule has 0 aliphatic carbocycles. The van der Waals surface area contributed by atoms with E-state index in [0.29, 0.717) is 9.50 Å². The quantitative estimate of drug-likeness (QED) is 0.737. The molecule has 0 unspecified atom stereocenters. The Morgan fingerprint density at radius 2 is 1.81 bits per heavy atom. The van der Waals surface area contributed by atoms with Crippen molar-refractivity contribution in [1.29, 1.82) is 0 Å². The van der Waals surface area contributed by atoms with Crippen molar-refractivity contribution in [2.24, 2.45) is 0 Å². The lowest BCUT2D eigenvalue weighted by molar-refractivity contribution is 0.571. The molecule has 21 heavy (non-hydrogen) atoms. The smallest absolute Gasteiger partial charge is 0.264 e. The highest BCUT2D eigenvalue weighted by Crippen LogP contribution is 2.29. The minimum atomic E-state index is -4.17. The van der Waals surface area contributed by atoms with Gasteiger partial charge in [-0.15, -0.1) is 0 Å². The van der Waals surface area contributed by atoms with Crippen LogP contribution in [0.5, 0.6) is 0 Å². The largest absolute Gasteiger partial charge is 0.399 e. The van der Waals surface area contributed by atoms with Crippen molar-refractivity contribution in [3.63, 3.8) is 0 Å². The Morgan fingerprint density at radius 1 is 1.14 bits per heavy atom. The third-order valence-electron chi connectivity index (χ3n) is 2.48. The molecule has 3 N–H and O–H groups in total. The molecule has 112 valence electrons. The van der Waals surface area contributed by atoms with Crippen LogP contribution in [0.15, 0.2) is 39.7 Å². The van der Waals surface area contributed by atoms with Gasteiger partial charge in [0.25, 0.3) is 10.0 Å². The van der Waals surface area contributed by atoms with Crippen molar-refractivity contribution in [1.82, 2.24) is 0 Å². The number of nitrogens with one attached hydrogen (secondary N) is 1. The fourth-order valence-electron chi connectivity index (χ4n) is 1.55. The van der Waals surface area contributed by atoms with Crippen molar-refractivity contribution in [3.8, 4) is 0 Å². The van der Waals surface area contributed by atoms with Crippen molar-refractivity contribution < 1.29 is 12.8 Å². The molecule has 0 saturated heterocycles. The Hall–Kier alpha value is -1.02. The lowest BCUT2D eigenvalue weighted by Gasteiger charge is -2.11. The predicted octanol–water partition coefficient (Wildman–Crippen LogP) is 4.28. The van der Waals surface area contributed by atoms with E-state index in [2.05, 4.69) is 20.7 Å². The second-order valence-electron chi connectivity index (χ2n) is 4.05. The highest BCUT2D eigenvalue weighted by atomic mass is 79.9. The molecule has 0 atom stereocenters. The summed E-state index contributed by atoms with van der Waals surface area (Å²) in [6, 6.07) is 6.51. The number of benzene rings is 2. The summed E-state index contributed by atoms with van der Waals surface area (Å²) in [5.41, 5.74) is 5.75. The average Bonchev–Trinajstić information content (AvgIpc) is 2.37. The first-order valence-corrected chi connectivity index (χ1v) is 8.46. The highest BCUT2D eigenvalue weighted by Gasteiger charge is 2.22. The van der Waals surface area contributed by atoms with Crippen LogP contribution in [0, 0.1) is 5.82 Å². The number of nitrogen functional groups attached to an aromatic ring is 1. The second kappa shape index (κ2) is 6.00. The van der Waals surface area contributed by atoms with E-state index in [1.807, 2.05) is 0 Å². The highest BCUT2D eigenvalue weighted by molar-refractivity contribution is 9.10. The summed E-state index contributed by atoms with van der Waals surface area (Å²) in [6.45, 7) is 0. The molecule has 0 radical (unpaired) electrons. The Labute approximate surface area is 139 Å². The van der Waals surface area contributed by atoms with Crippen molar-refractivity contribution in [3.05, 3.63) is 50.7 Å². The van der Waals surface area contributed by atoms with Gasteiger partial charge < -0.3 is 5.73 Å². The Balaban J connectivity index is 2.45. The third-order valence-corrected chi connectivity index (χ3v) is 5.35. The van der Waals surface area contributed by atoms with E-state index < -0.39 is 20.7 Å². The van der Waals surface area contributed by atoms with Crippen LogP contribution < -0.4 is 10.5 Å². The van der Waals surface area contributed by atoms with E-state index >= 15 is 0 Å². The summed E-state index contributed by atoms with van der Waals surface area (Å²) >= 11 is 14.6. The lowest BCUT2D eigenvalue weighted by atomic mass is 10.3. The van der Waals surface area contributed by atoms with Gasteiger partial charge in [-0.05, 0) is 46.3 Å².